The number of hydrogen-bond donors (Lipinski definition) is 1. The van der Waals surface area contributed by atoms with E-state index in [1.165, 1.54) is 6.21 Å². The normalized spacial score (nSPS) is 10.5. The number of hydrogen-bond acceptors (Lipinski definition) is 3. The first-order chi connectivity index (χ1) is 7.11. The number of benzene rings is 1. The molecule has 0 amide bonds. The standard InChI is InChI=1S/C9H7Br2NO3/c10-7-2-1-3-8(11)6(7)4-12-15-5-9(13)14/h1-4H,5H2,(H,13,14). The molecule has 0 aromatic heterocycles. The van der Waals surface area contributed by atoms with Gasteiger partial charge in [-0.15, -0.1) is 0 Å². The van der Waals surface area contributed by atoms with E-state index in [1.807, 2.05) is 18.2 Å². The van der Waals surface area contributed by atoms with E-state index >= 15 is 0 Å². The maximum atomic E-state index is 10.1. The highest BCUT2D eigenvalue weighted by Crippen LogP contribution is 2.23. The minimum atomic E-state index is -1.06. The fourth-order valence-electron chi connectivity index (χ4n) is 0.817. The van der Waals surface area contributed by atoms with Crippen molar-refractivity contribution in [2.45, 2.75) is 0 Å². The Morgan fingerprint density at radius 3 is 2.60 bits per heavy atom. The molecule has 0 fully saturated rings. The fraction of sp³-hybridized carbons (Fsp3) is 0.111. The van der Waals surface area contributed by atoms with Crippen LogP contribution in [0.25, 0.3) is 0 Å². The molecular formula is C9H7Br2NO3. The highest BCUT2D eigenvalue weighted by atomic mass is 79.9. The molecule has 0 heterocycles. The summed E-state index contributed by atoms with van der Waals surface area (Å²) in [4.78, 5) is 14.7. The lowest BCUT2D eigenvalue weighted by Gasteiger charge is -2.00. The van der Waals surface area contributed by atoms with Crippen molar-refractivity contribution >= 4 is 44.0 Å². The molecule has 0 atom stereocenters. The Morgan fingerprint density at radius 2 is 2.07 bits per heavy atom. The Bertz CT molecular complexity index is 373. The topological polar surface area (TPSA) is 58.9 Å². The van der Waals surface area contributed by atoms with Crippen molar-refractivity contribution in [3.63, 3.8) is 0 Å². The lowest BCUT2D eigenvalue weighted by molar-refractivity contribution is -0.142. The van der Waals surface area contributed by atoms with Crippen molar-refractivity contribution in [1.82, 2.24) is 0 Å². The monoisotopic (exact) mass is 335 g/mol. The molecular weight excluding hydrogens is 330 g/mol. The van der Waals surface area contributed by atoms with E-state index in [0.29, 0.717) is 0 Å². The third-order valence-electron chi connectivity index (χ3n) is 1.44. The van der Waals surface area contributed by atoms with Crippen molar-refractivity contribution in [2.24, 2.45) is 5.16 Å². The molecule has 0 radical (unpaired) electrons. The van der Waals surface area contributed by atoms with Crippen LogP contribution in [0.3, 0.4) is 0 Å². The lowest BCUT2D eigenvalue weighted by atomic mass is 10.2. The molecule has 6 heteroatoms. The summed E-state index contributed by atoms with van der Waals surface area (Å²) in [5.41, 5.74) is 0.794. The molecule has 1 aromatic carbocycles. The van der Waals surface area contributed by atoms with Crippen LogP contribution in [0.5, 0.6) is 0 Å². The molecule has 1 N–H and O–H groups in total. The SMILES string of the molecule is O=C(O)CON=Cc1c(Br)cccc1Br. The molecule has 0 aliphatic rings. The number of carboxylic acid groups (broad SMARTS) is 1. The van der Waals surface area contributed by atoms with E-state index in [2.05, 4.69) is 41.9 Å². The molecule has 0 saturated carbocycles. The van der Waals surface area contributed by atoms with Gasteiger partial charge in [-0.1, -0.05) is 43.1 Å². The first-order valence-corrected chi connectivity index (χ1v) is 5.51. The first kappa shape index (κ1) is 12.2. The summed E-state index contributed by atoms with van der Waals surface area (Å²) in [5, 5.41) is 11.8. The molecule has 1 rings (SSSR count). The van der Waals surface area contributed by atoms with Crippen LogP contribution in [0.1, 0.15) is 5.56 Å². The quantitative estimate of drug-likeness (QED) is 0.679. The highest BCUT2D eigenvalue weighted by molar-refractivity contribution is 9.11. The third-order valence-corrected chi connectivity index (χ3v) is 2.83. The van der Waals surface area contributed by atoms with Gasteiger partial charge in [0.1, 0.15) is 0 Å². The van der Waals surface area contributed by atoms with Crippen molar-refractivity contribution in [1.29, 1.82) is 0 Å². The van der Waals surface area contributed by atoms with Gasteiger partial charge in [-0.2, -0.15) is 0 Å². The van der Waals surface area contributed by atoms with Crippen molar-refractivity contribution in [3.8, 4) is 0 Å². The second kappa shape index (κ2) is 5.87. The molecule has 0 aliphatic carbocycles. The summed E-state index contributed by atoms with van der Waals surface area (Å²) in [6, 6.07) is 5.57. The molecule has 0 saturated heterocycles. The largest absolute Gasteiger partial charge is 0.479 e. The van der Waals surface area contributed by atoms with Gasteiger partial charge in [0.15, 0.2) is 0 Å². The zero-order valence-electron chi connectivity index (χ0n) is 7.48. The van der Waals surface area contributed by atoms with Crippen LogP contribution in [-0.4, -0.2) is 23.9 Å². The van der Waals surface area contributed by atoms with Gasteiger partial charge in [-0.25, -0.2) is 4.79 Å². The third kappa shape index (κ3) is 4.01. The van der Waals surface area contributed by atoms with Crippen LogP contribution in [0.15, 0.2) is 32.3 Å². The molecule has 0 spiro atoms. The molecule has 1 aromatic rings. The predicted molar refractivity (Wildman–Crippen MR) is 63.0 cm³/mol. The summed E-state index contributed by atoms with van der Waals surface area (Å²) in [6.45, 7) is -0.446. The molecule has 0 unspecified atom stereocenters. The summed E-state index contributed by atoms with van der Waals surface area (Å²) < 4.78 is 1.69. The summed E-state index contributed by atoms with van der Waals surface area (Å²) in [5.74, 6) is -1.06. The van der Waals surface area contributed by atoms with E-state index in [9.17, 15) is 4.79 Å². The zero-order chi connectivity index (χ0) is 11.3. The Morgan fingerprint density at radius 1 is 1.47 bits per heavy atom. The Balaban J connectivity index is 2.67. The minimum Gasteiger partial charge on any atom is -0.479 e. The van der Waals surface area contributed by atoms with E-state index in [-0.39, 0.29) is 0 Å². The number of nitrogens with zero attached hydrogens (tertiary/aromatic N) is 1. The van der Waals surface area contributed by atoms with Crippen molar-refractivity contribution in [2.75, 3.05) is 6.61 Å². The van der Waals surface area contributed by atoms with Crippen LogP contribution in [-0.2, 0) is 9.63 Å². The number of aliphatic carboxylic acids is 1. The Labute approximate surface area is 103 Å². The van der Waals surface area contributed by atoms with Gasteiger partial charge in [0.05, 0.1) is 6.21 Å². The Hall–Kier alpha value is -0.880. The zero-order valence-corrected chi connectivity index (χ0v) is 10.7. The van der Waals surface area contributed by atoms with Crippen molar-refractivity contribution in [3.05, 3.63) is 32.7 Å². The number of carboxylic acids is 1. The first-order valence-electron chi connectivity index (χ1n) is 3.92. The fourth-order valence-corrected chi connectivity index (χ4v) is 2.02. The van der Waals surface area contributed by atoms with Crippen molar-refractivity contribution < 1.29 is 14.7 Å². The maximum Gasteiger partial charge on any atom is 0.344 e. The smallest absolute Gasteiger partial charge is 0.344 e. The molecule has 0 aliphatic heterocycles. The molecule has 80 valence electrons. The van der Waals surface area contributed by atoms with Crippen LogP contribution in [0.2, 0.25) is 0 Å². The van der Waals surface area contributed by atoms with Gasteiger partial charge in [0.25, 0.3) is 0 Å². The number of rotatable bonds is 4. The number of carbonyl (C=O) groups is 1. The van der Waals surface area contributed by atoms with Crippen LogP contribution < -0.4 is 0 Å². The van der Waals surface area contributed by atoms with Gasteiger partial charge in [-0.05, 0) is 12.1 Å². The van der Waals surface area contributed by atoms with E-state index in [1.54, 1.807) is 0 Å². The molecule has 15 heavy (non-hydrogen) atoms. The predicted octanol–water partition coefficient (Wildman–Crippen LogP) is 2.65. The second-order valence-electron chi connectivity index (χ2n) is 2.54. The van der Waals surface area contributed by atoms with Crippen LogP contribution in [0, 0.1) is 0 Å². The number of halogens is 2. The van der Waals surface area contributed by atoms with Gasteiger partial charge >= 0.3 is 5.97 Å². The second-order valence-corrected chi connectivity index (χ2v) is 4.25. The summed E-state index contributed by atoms with van der Waals surface area (Å²) in [7, 11) is 0. The highest BCUT2D eigenvalue weighted by Gasteiger charge is 2.01. The van der Waals surface area contributed by atoms with Gasteiger partial charge in [0.2, 0.25) is 6.61 Å². The maximum absolute atomic E-state index is 10.1. The average Bonchev–Trinajstić information content (AvgIpc) is 2.15. The van der Waals surface area contributed by atoms with E-state index in [0.717, 1.165) is 14.5 Å². The summed E-state index contributed by atoms with van der Waals surface area (Å²) >= 11 is 6.67. The molecule has 0 bridgehead atoms. The molecule has 4 nitrogen and oxygen atoms in total. The van der Waals surface area contributed by atoms with Crippen LogP contribution in [0.4, 0.5) is 0 Å². The van der Waals surface area contributed by atoms with E-state index < -0.39 is 12.6 Å². The van der Waals surface area contributed by atoms with Crippen LogP contribution >= 0.6 is 31.9 Å². The number of oxime groups is 1. The van der Waals surface area contributed by atoms with Gasteiger partial charge < -0.3 is 9.94 Å². The Kier molecular flexibility index (Phi) is 4.77. The minimum absolute atomic E-state index is 0.446. The van der Waals surface area contributed by atoms with Gasteiger partial charge in [-0.3, -0.25) is 0 Å². The summed E-state index contributed by atoms with van der Waals surface area (Å²) in [6.07, 6.45) is 1.44. The van der Waals surface area contributed by atoms with Gasteiger partial charge in [0, 0.05) is 14.5 Å². The van der Waals surface area contributed by atoms with E-state index in [4.69, 9.17) is 5.11 Å². The average molecular weight is 337 g/mol. The lowest BCUT2D eigenvalue weighted by Crippen LogP contribution is -2.03.